The summed E-state index contributed by atoms with van der Waals surface area (Å²) in [5, 5.41) is 5.54. The molecule has 8 heteroatoms. The summed E-state index contributed by atoms with van der Waals surface area (Å²) in [4.78, 5) is 28.5. The van der Waals surface area contributed by atoms with Gasteiger partial charge in [-0.25, -0.2) is 4.37 Å². The molecule has 1 fully saturated rings. The van der Waals surface area contributed by atoms with Crippen LogP contribution in [0.3, 0.4) is 0 Å². The number of hydrogen-bond donors (Lipinski definition) is 2. The fraction of sp³-hybridized carbons (Fsp3) is 0.417. The predicted octanol–water partition coefficient (Wildman–Crippen LogP) is 4.26. The van der Waals surface area contributed by atoms with E-state index >= 15 is 0 Å². The number of nitrogens with two attached hydrogens (primary N) is 1. The number of primary amides is 1. The summed E-state index contributed by atoms with van der Waals surface area (Å²) < 4.78 is 6.03. The minimum absolute atomic E-state index is 0.0269. The van der Waals surface area contributed by atoms with Gasteiger partial charge in [-0.15, -0.1) is 0 Å². The number of hydrogen-bond acceptors (Lipinski definition) is 6. The zero-order valence-electron chi connectivity index (χ0n) is 18.5. The molecule has 0 aromatic carbocycles. The number of amides is 1. The lowest BCUT2D eigenvalue weighted by atomic mass is 9.82. The highest BCUT2D eigenvalue weighted by Crippen LogP contribution is 2.34. The quantitative estimate of drug-likeness (QED) is 0.559. The topological polar surface area (TPSA) is 103 Å². The van der Waals surface area contributed by atoms with Gasteiger partial charge in [-0.1, -0.05) is 19.9 Å². The molecule has 0 radical (unpaired) electrons. The van der Waals surface area contributed by atoms with E-state index in [1.54, 1.807) is 12.3 Å². The van der Waals surface area contributed by atoms with Gasteiger partial charge in [0.05, 0.1) is 0 Å². The zero-order valence-corrected chi connectivity index (χ0v) is 19.3. The molecule has 3 heterocycles. The van der Waals surface area contributed by atoms with Crippen LogP contribution in [-0.4, -0.2) is 25.9 Å². The monoisotopic (exact) mass is 451 g/mol. The summed E-state index contributed by atoms with van der Waals surface area (Å²) in [7, 11) is 0. The highest BCUT2D eigenvalue weighted by molar-refractivity contribution is 7.03. The normalized spacial score (nSPS) is 18.6. The van der Waals surface area contributed by atoms with Gasteiger partial charge >= 0.3 is 0 Å². The molecule has 0 aliphatic heterocycles. The minimum Gasteiger partial charge on any atom is -0.378 e. The maximum absolute atomic E-state index is 13.1. The number of aromatic nitrogens is 3. The molecule has 0 atom stereocenters. The van der Waals surface area contributed by atoms with Crippen molar-refractivity contribution in [2.24, 2.45) is 11.7 Å². The zero-order chi connectivity index (χ0) is 22.7. The molecule has 3 N–H and O–H groups in total. The van der Waals surface area contributed by atoms with Crippen molar-refractivity contribution in [2.75, 3.05) is 5.32 Å². The average molecular weight is 452 g/mol. The molecule has 4 rings (SSSR count). The molecule has 3 aromatic heterocycles. The second kappa shape index (κ2) is 9.65. The van der Waals surface area contributed by atoms with E-state index in [1.807, 2.05) is 34.5 Å². The number of nitrogens with zero attached hydrogens (tertiary/aromatic N) is 3. The van der Waals surface area contributed by atoms with E-state index < -0.39 is 5.91 Å². The fourth-order valence-corrected chi connectivity index (χ4v) is 4.90. The molecule has 7 nitrogen and oxygen atoms in total. The van der Waals surface area contributed by atoms with Crippen molar-refractivity contribution in [3.63, 3.8) is 0 Å². The van der Waals surface area contributed by atoms with Gasteiger partial charge in [-0.2, -0.15) is 0 Å². The molecule has 1 amide bonds. The third-order valence-electron chi connectivity index (χ3n) is 6.01. The van der Waals surface area contributed by atoms with Crippen LogP contribution in [0.2, 0.25) is 0 Å². The lowest BCUT2D eigenvalue weighted by Crippen LogP contribution is -2.31. The molecule has 0 unspecified atom stereocenters. The third-order valence-corrected chi connectivity index (χ3v) is 6.60. The Morgan fingerprint density at radius 1 is 1.22 bits per heavy atom. The summed E-state index contributed by atoms with van der Waals surface area (Å²) in [6.45, 7) is 4.91. The predicted molar refractivity (Wildman–Crippen MR) is 128 cm³/mol. The Morgan fingerprint density at radius 3 is 2.59 bits per heavy atom. The van der Waals surface area contributed by atoms with Gasteiger partial charge < -0.3 is 15.6 Å². The summed E-state index contributed by atoms with van der Waals surface area (Å²) in [6.07, 6.45) is 9.49. The Labute approximate surface area is 191 Å². The molecular formula is C24H29N5O2S. The van der Waals surface area contributed by atoms with Crippen molar-refractivity contribution in [1.82, 2.24) is 13.9 Å². The van der Waals surface area contributed by atoms with E-state index in [4.69, 9.17) is 5.73 Å². The summed E-state index contributed by atoms with van der Waals surface area (Å²) in [6, 6.07) is 5.86. The van der Waals surface area contributed by atoms with Crippen molar-refractivity contribution >= 4 is 23.1 Å². The van der Waals surface area contributed by atoms with Crippen LogP contribution in [0.15, 0.2) is 47.0 Å². The highest BCUT2D eigenvalue weighted by Gasteiger charge is 2.24. The number of carbonyl (C=O) groups is 1. The Kier molecular flexibility index (Phi) is 6.69. The van der Waals surface area contributed by atoms with Crippen LogP contribution >= 0.6 is 11.5 Å². The van der Waals surface area contributed by atoms with Crippen LogP contribution < -0.4 is 16.6 Å². The Bertz CT molecular complexity index is 1110. The van der Waals surface area contributed by atoms with Gasteiger partial charge in [0.2, 0.25) is 0 Å². The van der Waals surface area contributed by atoms with E-state index in [9.17, 15) is 9.59 Å². The maximum atomic E-state index is 13.1. The van der Waals surface area contributed by atoms with E-state index in [1.165, 1.54) is 11.5 Å². The van der Waals surface area contributed by atoms with Crippen LogP contribution in [0.1, 0.15) is 61.5 Å². The van der Waals surface area contributed by atoms with Gasteiger partial charge in [0.15, 0.2) is 0 Å². The van der Waals surface area contributed by atoms with Crippen LogP contribution in [-0.2, 0) is 6.54 Å². The first-order valence-electron chi connectivity index (χ1n) is 11.1. The first kappa shape index (κ1) is 22.2. The van der Waals surface area contributed by atoms with Crippen LogP contribution in [0.5, 0.6) is 0 Å². The standard InChI is InChI=1S/C24H29N5O2S/c1-15(2)12-29-13-18(19-11-27-32-14-19)9-22(24(29)31)28-20-6-3-16(4-7-20)17-5-8-21(23(25)30)26-10-17/h5,8-11,13-16,20,28H,3-4,6-7,12H2,1-2H3,(H2,25,30). The van der Waals surface area contributed by atoms with E-state index in [0.29, 0.717) is 29.8 Å². The Morgan fingerprint density at radius 2 is 2.00 bits per heavy atom. The van der Waals surface area contributed by atoms with Gasteiger partial charge in [0, 0.05) is 47.7 Å². The van der Waals surface area contributed by atoms with Crippen LogP contribution in [0.25, 0.3) is 11.1 Å². The van der Waals surface area contributed by atoms with Crippen molar-refractivity contribution < 1.29 is 4.79 Å². The second-order valence-electron chi connectivity index (χ2n) is 8.94. The number of pyridine rings is 2. The Balaban J connectivity index is 1.48. The molecule has 168 valence electrons. The lowest BCUT2D eigenvalue weighted by Gasteiger charge is -2.30. The average Bonchev–Trinajstić information content (AvgIpc) is 3.32. The molecule has 1 aliphatic rings. The molecule has 0 saturated heterocycles. The Hall–Kier alpha value is -3.00. The van der Waals surface area contributed by atoms with Gasteiger partial charge in [0.1, 0.15) is 11.4 Å². The largest absolute Gasteiger partial charge is 0.378 e. The highest BCUT2D eigenvalue weighted by atomic mass is 32.1. The third kappa shape index (κ3) is 5.07. The van der Waals surface area contributed by atoms with Crippen molar-refractivity contribution in [3.8, 4) is 11.1 Å². The molecule has 3 aromatic rings. The van der Waals surface area contributed by atoms with Crippen molar-refractivity contribution in [2.45, 2.75) is 58.0 Å². The molecule has 0 bridgehead atoms. The molecule has 1 saturated carbocycles. The van der Waals surface area contributed by atoms with Crippen molar-refractivity contribution in [3.05, 3.63) is 63.8 Å². The number of carbonyl (C=O) groups excluding carboxylic acids is 1. The van der Waals surface area contributed by atoms with Gasteiger partial charge in [0.25, 0.3) is 11.5 Å². The number of anilines is 1. The SMILES string of the molecule is CC(C)Cn1cc(-c2cnsc2)cc(NC2CCC(c3ccc(C(N)=O)nc3)CC2)c1=O. The van der Waals surface area contributed by atoms with E-state index in [2.05, 4.69) is 28.5 Å². The molecule has 1 aliphatic carbocycles. The molecule has 32 heavy (non-hydrogen) atoms. The molecule has 0 spiro atoms. The first-order valence-corrected chi connectivity index (χ1v) is 11.9. The number of nitrogens with one attached hydrogen (secondary N) is 1. The van der Waals surface area contributed by atoms with E-state index in [0.717, 1.165) is 42.4 Å². The van der Waals surface area contributed by atoms with Crippen molar-refractivity contribution in [1.29, 1.82) is 0 Å². The van der Waals surface area contributed by atoms with E-state index in [-0.39, 0.29) is 11.6 Å². The second-order valence-corrected chi connectivity index (χ2v) is 9.60. The smallest absolute Gasteiger partial charge is 0.273 e. The first-order chi connectivity index (χ1) is 15.4. The summed E-state index contributed by atoms with van der Waals surface area (Å²) >= 11 is 1.41. The van der Waals surface area contributed by atoms with Crippen LogP contribution in [0.4, 0.5) is 5.69 Å². The fourth-order valence-electron chi connectivity index (χ4n) is 4.36. The summed E-state index contributed by atoms with van der Waals surface area (Å²) in [5.41, 5.74) is 9.45. The molecular weight excluding hydrogens is 422 g/mol. The summed E-state index contributed by atoms with van der Waals surface area (Å²) in [5.74, 6) is 0.276. The number of rotatable bonds is 7. The lowest BCUT2D eigenvalue weighted by molar-refractivity contribution is 0.0995. The van der Waals surface area contributed by atoms with Crippen LogP contribution in [0, 0.1) is 5.92 Å². The minimum atomic E-state index is -0.506. The maximum Gasteiger partial charge on any atom is 0.273 e. The van der Waals surface area contributed by atoms with Gasteiger partial charge in [-0.05, 0) is 66.7 Å². The van der Waals surface area contributed by atoms with Gasteiger partial charge in [-0.3, -0.25) is 14.6 Å².